The van der Waals surface area contributed by atoms with E-state index in [9.17, 15) is 4.79 Å². The van der Waals surface area contributed by atoms with Gasteiger partial charge in [0.15, 0.2) is 0 Å². The quantitative estimate of drug-likeness (QED) is 0.893. The van der Waals surface area contributed by atoms with Crippen molar-refractivity contribution in [3.05, 3.63) is 33.3 Å². The SMILES string of the molecule is N[C@@H](CC(=O)O)c1ccc(Br)c(Cl)c1. The molecule has 0 saturated carbocycles. The Morgan fingerprint density at radius 3 is 2.79 bits per heavy atom. The maximum Gasteiger partial charge on any atom is 0.305 e. The minimum atomic E-state index is -0.920. The van der Waals surface area contributed by atoms with Crippen molar-refractivity contribution in [2.24, 2.45) is 5.73 Å². The first-order chi connectivity index (χ1) is 6.50. The third kappa shape index (κ3) is 2.97. The van der Waals surface area contributed by atoms with Gasteiger partial charge < -0.3 is 10.8 Å². The highest BCUT2D eigenvalue weighted by molar-refractivity contribution is 9.10. The van der Waals surface area contributed by atoms with E-state index in [2.05, 4.69) is 15.9 Å². The lowest BCUT2D eigenvalue weighted by Gasteiger charge is -2.09. The first-order valence-electron chi connectivity index (χ1n) is 3.93. The summed E-state index contributed by atoms with van der Waals surface area (Å²) >= 11 is 9.08. The van der Waals surface area contributed by atoms with E-state index in [1.165, 1.54) is 0 Å². The molecule has 0 aliphatic heterocycles. The lowest BCUT2D eigenvalue weighted by Crippen LogP contribution is -2.14. The average Bonchev–Trinajstić information content (AvgIpc) is 2.08. The lowest BCUT2D eigenvalue weighted by molar-refractivity contribution is -0.137. The molecule has 1 aromatic carbocycles. The van der Waals surface area contributed by atoms with Crippen LogP contribution in [0.15, 0.2) is 22.7 Å². The summed E-state index contributed by atoms with van der Waals surface area (Å²) in [6.07, 6.45) is -0.0992. The van der Waals surface area contributed by atoms with Crippen LogP contribution in [-0.2, 0) is 4.79 Å². The summed E-state index contributed by atoms with van der Waals surface area (Å²) < 4.78 is 0.769. The number of carboxylic acids is 1. The van der Waals surface area contributed by atoms with Crippen LogP contribution >= 0.6 is 27.5 Å². The van der Waals surface area contributed by atoms with E-state index in [-0.39, 0.29) is 6.42 Å². The molecular weight excluding hydrogens is 269 g/mol. The predicted molar refractivity (Wildman–Crippen MR) is 58.3 cm³/mol. The Kier molecular flexibility index (Phi) is 3.92. The van der Waals surface area contributed by atoms with Crippen LogP contribution in [0.25, 0.3) is 0 Å². The molecule has 0 bridgehead atoms. The zero-order valence-electron chi connectivity index (χ0n) is 7.21. The van der Waals surface area contributed by atoms with E-state index in [4.69, 9.17) is 22.4 Å². The maximum absolute atomic E-state index is 10.4. The van der Waals surface area contributed by atoms with Crippen LogP contribution in [0.3, 0.4) is 0 Å². The van der Waals surface area contributed by atoms with Gasteiger partial charge >= 0.3 is 5.97 Å². The minimum absolute atomic E-state index is 0.0992. The molecule has 0 amide bonds. The van der Waals surface area contributed by atoms with E-state index in [1.807, 2.05) is 0 Å². The number of carbonyl (C=O) groups is 1. The molecule has 0 unspecified atom stereocenters. The van der Waals surface area contributed by atoms with Crippen molar-refractivity contribution in [3.8, 4) is 0 Å². The summed E-state index contributed by atoms with van der Waals surface area (Å²) in [6, 6.07) is 4.65. The molecular formula is C9H9BrClNO2. The highest BCUT2D eigenvalue weighted by atomic mass is 79.9. The second kappa shape index (κ2) is 4.77. The van der Waals surface area contributed by atoms with Gasteiger partial charge in [0.05, 0.1) is 11.4 Å². The Morgan fingerprint density at radius 1 is 1.64 bits per heavy atom. The minimum Gasteiger partial charge on any atom is -0.481 e. The molecule has 1 aromatic rings. The Hall–Kier alpha value is -0.580. The van der Waals surface area contributed by atoms with Crippen LogP contribution in [0.4, 0.5) is 0 Å². The van der Waals surface area contributed by atoms with Gasteiger partial charge in [0.2, 0.25) is 0 Å². The normalized spacial score (nSPS) is 12.5. The number of aliphatic carboxylic acids is 1. The van der Waals surface area contributed by atoms with Gasteiger partial charge in [0.1, 0.15) is 0 Å². The zero-order valence-corrected chi connectivity index (χ0v) is 9.55. The third-order valence-electron chi connectivity index (χ3n) is 1.77. The Bertz CT molecular complexity index is 357. The highest BCUT2D eigenvalue weighted by Crippen LogP contribution is 2.26. The van der Waals surface area contributed by atoms with Gasteiger partial charge in [-0.05, 0) is 33.6 Å². The van der Waals surface area contributed by atoms with E-state index < -0.39 is 12.0 Å². The molecule has 5 heteroatoms. The number of carboxylic acid groups (broad SMARTS) is 1. The average molecular weight is 279 g/mol. The third-order valence-corrected chi connectivity index (χ3v) is 3.00. The summed E-state index contributed by atoms with van der Waals surface area (Å²) in [5.74, 6) is -0.920. The van der Waals surface area contributed by atoms with Gasteiger partial charge in [-0.1, -0.05) is 17.7 Å². The van der Waals surface area contributed by atoms with E-state index in [0.717, 1.165) is 10.0 Å². The molecule has 0 aliphatic carbocycles. The molecule has 14 heavy (non-hydrogen) atoms. The number of hydrogen-bond donors (Lipinski definition) is 2. The van der Waals surface area contributed by atoms with Crippen molar-refractivity contribution < 1.29 is 9.90 Å². The second-order valence-electron chi connectivity index (χ2n) is 2.88. The second-order valence-corrected chi connectivity index (χ2v) is 4.14. The molecule has 76 valence electrons. The number of benzene rings is 1. The van der Waals surface area contributed by atoms with Crippen molar-refractivity contribution in [3.63, 3.8) is 0 Å². The number of hydrogen-bond acceptors (Lipinski definition) is 2. The van der Waals surface area contributed by atoms with Crippen molar-refractivity contribution in [1.29, 1.82) is 0 Å². The molecule has 0 fully saturated rings. The van der Waals surface area contributed by atoms with Crippen molar-refractivity contribution in [2.75, 3.05) is 0 Å². The fourth-order valence-corrected chi connectivity index (χ4v) is 1.48. The van der Waals surface area contributed by atoms with Gasteiger partial charge in [-0.15, -0.1) is 0 Å². The Morgan fingerprint density at radius 2 is 2.29 bits per heavy atom. The molecule has 0 saturated heterocycles. The summed E-state index contributed by atoms with van der Waals surface area (Å²) in [4.78, 5) is 10.4. The summed E-state index contributed by atoms with van der Waals surface area (Å²) in [7, 11) is 0. The molecule has 0 spiro atoms. The molecule has 0 aliphatic rings. The standard InChI is InChI=1S/C9H9BrClNO2/c10-6-2-1-5(3-7(6)11)8(12)4-9(13)14/h1-3,8H,4,12H2,(H,13,14)/t8-/m0/s1. The first kappa shape index (κ1) is 11.5. The summed E-state index contributed by atoms with van der Waals surface area (Å²) in [5.41, 5.74) is 6.38. The Balaban J connectivity index is 2.85. The van der Waals surface area contributed by atoms with Gasteiger partial charge in [-0.3, -0.25) is 4.79 Å². The number of rotatable bonds is 3. The van der Waals surface area contributed by atoms with Gasteiger partial charge in [-0.25, -0.2) is 0 Å². The fraction of sp³-hybridized carbons (Fsp3) is 0.222. The molecule has 3 N–H and O–H groups in total. The molecule has 0 heterocycles. The van der Waals surface area contributed by atoms with Crippen LogP contribution in [0, 0.1) is 0 Å². The van der Waals surface area contributed by atoms with Crippen LogP contribution in [-0.4, -0.2) is 11.1 Å². The topological polar surface area (TPSA) is 63.3 Å². The molecule has 1 atom stereocenters. The fourth-order valence-electron chi connectivity index (χ4n) is 1.05. The Labute approximate surface area is 95.0 Å². The number of nitrogens with two attached hydrogens (primary N) is 1. The van der Waals surface area contributed by atoms with Crippen LogP contribution < -0.4 is 5.73 Å². The summed E-state index contributed by atoms with van der Waals surface area (Å²) in [6.45, 7) is 0. The van der Waals surface area contributed by atoms with E-state index >= 15 is 0 Å². The monoisotopic (exact) mass is 277 g/mol. The molecule has 0 aromatic heterocycles. The van der Waals surface area contributed by atoms with Crippen LogP contribution in [0.2, 0.25) is 5.02 Å². The molecule has 0 radical (unpaired) electrons. The van der Waals surface area contributed by atoms with E-state index in [0.29, 0.717) is 5.02 Å². The smallest absolute Gasteiger partial charge is 0.305 e. The van der Waals surface area contributed by atoms with Gasteiger partial charge in [0, 0.05) is 10.5 Å². The zero-order chi connectivity index (χ0) is 10.7. The number of halogens is 2. The van der Waals surface area contributed by atoms with Gasteiger partial charge in [-0.2, -0.15) is 0 Å². The van der Waals surface area contributed by atoms with Crippen molar-refractivity contribution in [1.82, 2.24) is 0 Å². The summed E-state index contributed by atoms with van der Waals surface area (Å²) in [5, 5.41) is 9.08. The van der Waals surface area contributed by atoms with E-state index in [1.54, 1.807) is 18.2 Å². The van der Waals surface area contributed by atoms with Gasteiger partial charge in [0.25, 0.3) is 0 Å². The predicted octanol–water partition coefficient (Wildman–Crippen LogP) is 2.58. The molecule has 3 nitrogen and oxygen atoms in total. The van der Waals surface area contributed by atoms with Crippen LogP contribution in [0.1, 0.15) is 18.0 Å². The largest absolute Gasteiger partial charge is 0.481 e. The van der Waals surface area contributed by atoms with Crippen LogP contribution in [0.5, 0.6) is 0 Å². The lowest BCUT2D eigenvalue weighted by atomic mass is 10.1. The highest BCUT2D eigenvalue weighted by Gasteiger charge is 2.11. The van der Waals surface area contributed by atoms with Crippen molar-refractivity contribution in [2.45, 2.75) is 12.5 Å². The maximum atomic E-state index is 10.4. The van der Waals surface area contributed by atoms with Crippen molar-refractivity contribution >= 4 is 33.5 Å². The first-order valence-corrected chi connectivity index (χ1v) is 5.10. The molecule has 1 rings (SSSR count).